The van der Waals surface area contributed by atoms with Crippen LogP contribution in [-0.4, -0.2) is 5.78 Å². The molecule has 0 fully saturated rings. The minimum absolute atomic E-state index is 0.123. The molecular weight excluding hydrogens is 254 g/mol. The van der Waals surface area contributed by atoms with E-state index in [2.05, 4.69) is 5.48 Å². The molecular formula is C16H17NO3. The van der Waals surface area contributed by atoms with E-state index in [1.54, 1.807) is 24.3 Å². The summed E-state index contributed by atoms with van der Waals surface area (Å²) in [6.45, 7) is 2.20. The van der Waals surface area contributed by atoms with Crippen molar-refractivity contribution in [3.05, 3.63) is 65.7 Å². The largest absolute Gasteiger partial charge is 0.294 e. The third-order valence-electron chi connectivity index (χ3n) is 2.81. The number of nitrogens with one attached hydrogen (secondary N) is 1. The van der Waals surface area contributed by atoms with Gasteiger partial charge in [-0.3, -0.25) is 4.79 Å². The van der Waals surface area contributed by atoms with Crippen LogP contribution in [0.25, 0.3) is 0 Å². The zero-order valence-electron chi connectivity index (χ0n) is 11.3. The van der Waals surface area contributed by atoms with Crippen LogP contribution in [-0.2, 0) is 16.5 Å². The number of ketones is 1. The van der Waals surface area contributed by atoms with Crippen molar-refractivity contribution in [2.24, 2.45) is 0 Å². The second kappa shape index (κ2) is 7.43. The van der Waals surface area contributed by atoms with E-state index >= 15 is 0 Å². The van der Waals surface area contributed by atoms with Gasteiger partial charge in [0.25, 0.3) is 0 Å². The molecule has 0 bridgehead atoms. The fourth-order valence-corrected chi connectivity index (χ4v) is 1.68. The minimum atomic E-state index is 0.123. The third kappa shape index (κ3) is 4.19. The maximum atomic E-state index is 11.5. The van der Waals surface area contributed by atoms with Gasteiger partial charge in [-0.2, -0.15) is 0 Å². The second-order valence-corrected chi connectivity index (χ2v) is 4.29. The molecule has 0 radical (unpaired) electrons. The number of carbonyl (C=O) groups excluding carboxylic acids is 1. The van der Waals surface area contributed by atoms with Crippen molar-refractivity contribution < 1.29 is 14.7 Å². The number of benzene rings is 2. The van der Waals surface area contributed by atoms with Gasteiger partial charge < -0.3 is 0 Å². The predicted molar refractivity (Wildman–Crippen MR) is 77.0 cm³/mol. The molecule has 0 amide bonds. The lowest BCUT2D eigenvalue weighted by molar-refractivity contribution is -0.282. The SMILES string of the molecule is CCC(=O)c1ccc(NOOCc2ccccc2)cc1. The number of Topliss-reactive ketones (excluding diaryl/α,β-unsaturated/α-hetero) is 1. The molecule has 104 valence electrons. The van der Waals surface area contributed by atoms with Crippen LogP contribution in [0.3, 0.4) is 0 Å². The zero-order chi connectivity index (χ0) is 14.2. The van der Waals surface area contributed by atoms with E-state index in [9.17, 15) is 4.79 Å². The van der Waals surface area contributed by atoms with Gasteiger partial charge >= 0.3 is 0 Å². The van der Waals surface area contributed by atoms with Gasteiger partial charge in [-0.1, -0.05) is 37.3 Å². The summed E-state index contributed by atoms with van der Waals surface area (Å²) in [7, 11) is 0. The molecule has 20 heavy (non-hydrogen) atoms. The lowest BCUT2D eigenvalue weighted by Gasteiger charge is -2.06. The lowest BCUT2D eigenvalue weighted by atomic mass is 10.1. The molecule has 0 saturated carbocycles. The standard InChI is InChI=1S/C16H17NO3/c1-2-16(18)14-8-10-15(11-9-14)17-20-19-12-13-6-4-3-5-7-13/h3-11,17H,2,12H2,1H3. The van der Waals surface area contributed by atoms with Crippen molar-refractivity contribution in [3.8, 4) is 0 Å². The second-order valence-electron chi connectivity index (χ2n) is 4.29. The fourth-order valence-electron chi connectivity index (χ4n) is 1.68. The van der Waals surface area contributed by atoms with Crippen LogP contribution in [0.15, 0.2) is 54.6 Å². The summed E-state index contributed by atoms with van der Waals surface area (Å²) in [5, 5.41) is 0. The molecule has 0 saturated heterocycles. The maximum Gasteiger partial charge on any atom is 0.162 e. The summed E-state index contributed by atoms with van der Waals surface area (Å²) in [6.07, 6.45) is 0.503. The summed E-state index contributed by atoms with van der Waals surface area (Å²) >= 11 is 0. The van der Waals surface area contributed by atoms with E-state index in [0.29, 0.717) is 18.6 Å². The van der Waals surface area contributed by atoms with Crippen LogP contribution in [0, 0.1) is 0 Å². The van der Waals surface area contributed by atoms with Gasteiger partial charge in [-0.05, 0) is 29.8 Å². The number of anilines is 1. The Kier molecular flexibility index (Phi) is 5.29. The van der Waals surface area contributed by atoms with Crippen molar-refractivity contribution in [3.63, 3.8) is 0 Å². The molecule has 2 aromatic carbocycles. The number of rotatable bonds is 7. The first kappa shape index (κ1) is 14.2. The van der Waals surface area contributed by atoms with E-state index in [4.69, 9.17) is 9.88 Å². The minimum Gasteiger partial charge on any atom is -0.294 e. The molecule has 0 aliphatic carbocycles. The summed E-state index contributed by atoms with van der Waals surface area (Å²) in [4.78, 5) is 21.4. The summed E-state index contributed by atoms with van der Waals surface area (Å²) < 4.78 is 0. The smallest absolute Gasteiger partial charge is 0.162 e. The highest BCUT2D eigenvalue weighted by Crippen LogP contribution is 2.11. The van der Waals surface area contributed by atoms with Gasteiger partial charge in [0.15, 0.2) is 5.78 Å². The molecule has 4 heteroatoms. The molecule has 2 rings (SSSR count). The van der Waals surface area contributed by atoms with Gasteiger partial charge in [-0.25, -0.2) is 10.4 Å². The number of hydrogen-bond acceptors (Lipinski definition) is 4. The first-order valence-electron chi connectivity index (χ1n) is 6.51. The van der Waals surface area contributed by atoms with Crippen LogP contribution in [0.2, 0.25) is 0 Å². The Balaban J connectivity index is 1.75. The zero-order valence-corrected chi connectivity index (χ0v) is 11.3. The molecule has 0 atom stereocenters. The summed E-state index contributed by atoms with van der Waals surface area (Å²) in [6, 6.07) is 16.8. The highest BCUT2D eigenvalue weighted by molar-refractivity contribution is 5.96. The molecule has 0 aliphatic rings. The van der Waals surface area contributed by atoms with Gasteiger partial charge in [0.05, 0.1) is 5.69 Å². The van der Waals surface area contributed by atoms with Gasteiger partial charge in [0.1, 0.15) is 6.61 Å². The molecule has 0 heterocycles. The summed E-state index contributed by atoms with van der Waals surface area (Å²) in [5.41, 5.74) is 5.12. The Morgan fingerprint density at radius 2 is 1.75 bits per heavy atom. The van der Waals surface area contributed by atoms with E-state index < -0.39 is 0 Å². The number of carbonyl (C=O) groups is 1. The van der Waals surface area contributed by atoms with Crippen LogP contribution >= 0.6 is 0 Å². The topological polar surface area (TPSA) is 47.6 Å². The van der Waals surface area contributed by atoms with E-state index in [1.807, 2.05) is 37.3 Å². The van der Waals surface area contributed by atoms with Crippen LogP contribution in [0.1, 0.15) is 29.3 Å². The number of hydrogen-bond donors (Lipinski definition) is 1. The average molecular weight is 271 g/mol. The van der Waals surface area contributed by atoms with E-state index in [1.165, 1.54) is 0 Å². The highest BCUT2D eigenvalue weighted by atomic mass is 17.3. The van der Waals surface area contributed by atoms with Gasteiger partial charge in [0, 0.05) is 12.0 Å². The molecule has 1 N–H and O–H groups in total. The Labute approximate surface area is 118 Å². The van der Waals surface area contributed by atoms with Crippen LogP contribution in [0.5, 0.6) is 0 Å². The highest BCUT2D eigenvalue weighted by Gasteiger charge is 2.02. The fraction of sp³-hybridized carbons (Fsp3) is 0.188. The maximum absolute atomic E-state index is 11.5. The van der Waals surface area contributed by atoms with E-state index in [-0.39, 0.29) is 5.78 Å². The molecule has 4 nitrogen and oxygen atoms in total. The van der Waals surface area contributed by atoms with Crippen LogP contribution in [0.4, 0.5) is 5.69 Å². The normalized spacial score (nSPS) is 10.2. The molecule has 0 aliphatic heterocycles. The van der Waals surface area contributed by atoms with Crippen molar-refractivity contribution in [1.82, 2.24) is 0 Å². The third-order valence-corrected chi connectivity index (χ3v) is 2.81. The van der Waals surface area contributed by atoms with Crippen molar-refractivity contribution >= 4 is 11.5 Å². The van der Waals surface area contributed by atoms with Crippen LogP contribution < -0.4 is 5.48 Å². The lowest BCUT2D eigenvalue weighted by Crippen LogP contribution is -2.03. The average Bonchev–Trinajstić information content (AvgIpc) is 2.52. The molecule has 0 aromatic heterocycles. The van der Waals surface area contributed by atoms with Crippen molar-refractivity contribution in [2.45, 2.75) is 20.0 Å². The summed E-state index contributed by atoms with van der Waals surface area (Å²) in [5.74, 6) is 0.123. The van der Waals surface area contributed by atoms with Gasteiger partial charge in [0.2, 0.25) is 0 Å². The Hall–Kier alpha value is -2.17. The van der Waals surface area contributed by atoms with Gasteiger partial charge in [-0.15, -0.1) is 4.99 Å². The Morgan fingerprint density at radius 1 is 1.05 bits per heavy atom. The first-order chi connectivity index (χ1) is 9.79. The predicted octanol–water partition coefficient (Wildman–Crippen LogP) is 3.75. The Bertz CT molecular complexity index is 537. The molecule has 0 spiro atoms. The molecule has 0 unspecified atom stereocenters. The first-order valence-corrected chi connectivity index (χ1v) is 6.51. The van der Waals surface area contributed by atoms with Crippen molar-refractivity contribution in [1.29, 1.82) is 0 Å². The quantitative estimate of drug-likeness (QED) is 0.360. The van der Waals surface area contributed by atoms with E-state index in [0.717, 1.165) is 11.3 Å². The monoisotopic (exact) mass is 271 g/mol. The van der Waals surface area contributed by atoms with Crippen molar-refractivity contribution in [2.75, 3.05) is 5.48 Å². The molecule has 2 aromatic rings. The Morgan fingerprint density at radius 3 is 2.40 bits per heavy atom.